The van der Waals surface area contributed by atoms with Gasteiger partial charge in [-0.25, -0.2) is 13.7 Å². The highest BCUT2D eigenvalue weighted by Gasteiger charge is 2.43. The summed E-state index contributed by atoms with van der Waals surface area (Å²) < 4.78 is 46.5. The second kappa shape index (κ2) is 28.1. The Balaban J connectivity index is 0.678. The molecule has 1 aromatic heterocycles. The molecule has 0 bridgehead atoms. The van der Waals surface area contributed by atoms with E-state index in [1.807, 2.05) is 36.4 Å². The van der Waals surface area contributed by atoms with Crippen molar-refractivity contribution in [3.8, 4) is 11.1 Å². The van der Waals surface area contributed by atoms with E-state index in [9.17, 15) is 19.5 Å². The van der Waals surface area contributed by atoms with E-state index < -0.39 is 11.8 Å². The number of carbonyl (C=O) groups excluding carboxylic acids is 3. The second-order valence-corrected chi connectivity index (χ2v) is 20.6. The summed E-state index contributed by atoms with van der Waals surface area (Å²) in [6.45, 7) is 21.9. The predicted octanol–water partition coefficient (Wildman–Crippen LogP) is 7.75. The molecule has 0 radical (unpaired) electrons. The number of aliphatic hydroxyl groups is 1. The van der Waals surface area contributed by atoms with Gasteiger partial charge in [0.25, 0.3) is 5.91 Å². The first kappa shape index (κ1) is 57.3. The van der Waals surface area contributed by atoms with E-state index in [-0.39, 0.29) is 47.5 Å². The third-order valence-corrected chi connectivity index (χ3v) is 15.0. The highest BCUT2D eigenvalue weighted by molar-refractivity contribution is 7.97. The van der Waals surface area contributed by atoms with Crippen LogP contribution >= 0.6 is 11.9 Å². The Labute approximate surface area is 445 Å². The molecule has 3 aromatic rings. The standard InChI is InChI=1S/C57H76FN7O9S/c1-6-9-42-34-43(13-16-47(42)41(5)66)49-35-44(37-62-55(49)59)57(69)20-18-46(36-52(57)58)75-64(45-14-15-45)23-8-21-61-53(67)19-24-70-26-28-72-30-32-74-33-31-73-29-27-71-25-22-60-50-11-7-10-48-54(50)40(4)65(56(48)68)51-17-12-38(2)63-39(51)3/h7,10-11,13,16,18,20,34-35,37,45-46,51-52,60,63,69H,2-4,6,8-9,12,14-15,17,19,21-33,36H2,1,5H3,(H2,59,62)(H,61,67)/t46?,51?,52?,57-/m0/s1. The van der Waals surface area contributed by atoms with E-state index in [1.54, 1.807) is 42.0 Å². The van der Waals surface area contributed by atoms with Crippen molar-refractivity contribution in [3.05, 3.63) is 120 Å². The minimum atomic E-state index is -1.87. The molecule has 2 aromatic carbocycles. The highest BCUT2D eigenvalue weighted by Crippen LogP contribution is 2.44. The first-order valence-electron chi connectivity index (χ1n) is 26.4. The maximum Gasteiger partial charge on any atom is 0.259 e. The van der Waals surface area contributed by atoms with Crippen molar-refractivity contribution in [2.75, 3.05) is 96.8 Å². The number of nitrogens with one attached hydrogen (secondary N) is 3. The summed E-state index contributed by atoms with van der Waals surface area (Å²) in [5, 5.41) is 21.1. The fourth-order valence-corrected chi connectivity index (χ4v) is 10.9. The molecule has 2 amide bonds. The minimum Gasteiger partial charge on any atom is -0.383 e. The van der Waals surface area contributed by atoms with Crippen molar-refractivity contribution in [1.29, 1.82) is 0 Å². The number of Topliss-reactive ketones (excluding diaryl/α,β-unsaturated/α-hetero) is 1. The Bertz CT molecular complexity index is 2520. The van der Waals surface area contributed by atoms with Crippen LogP contribution < -0.4 is 21.7 Å². The first-order valence-corrected chi connectivity index (χ1v) is 27.2. The van der Waals surface area contributed by atoms with Gasteiger partial charge in [-0.2, -0.15) is 0 Å². The molecule has 2 aliphatic carbocycles. The number of hydrogen-bond donors (Lipinski definition) is 5. The monoisotopic (exact) mass is 1050 g/mol. The van der Waals surface area contributed by atoms with E-state index in [0.717, 1.165) is 85.3 Å². The number of aromatic nitrogens is 1. The number of nitrogens with zero attached hydrogens (tertiary/aromatic N) is 3. The summed E-state index contributed by atoms with van der Waals surface area (Å²) in [5.41, 5.74) is 12.3. The molecule has 16 nitrogen and oxygen atoms in total. The number of aryl methyl sites for hydroxylation is 1. The van der Waals surface area contributed by atoms with Gasteiger partial charge in [0.05, 0.1) is 77.7 Å². The van der Waals surface area contributed by atoms with Crippen molar-refractivity contribution >= 4 is 46.7 Å². The van der Waals surface area contributed by atoms with Gasteiger partial charge in [-0.1, -0.05) is 75.4 Å². The number of ketones is 1. The number of nitrogens with two attached hydrogens (primary N) is 1. The van der Waals surface area contributed by atoms with Gasteiger partial charge in [0.1, 0.15) is 17.6 Å². The van der Waals surface area contributed by atoms with Crippen LogP contribution in [-0.2, 0) is 40.5 Å². The molecule has 2 aliphatic heterocycles. The molecule has 3 heterocycles. The SMILES string of the molecule is C=C1CCC(N2C(=C)c3c(NCCOCCOCCOCCOCCOCCC(=O)NCCCN(SC4C=C[C@](O)(c5cnc(N)c(-c6ccc(C(C)=O)c(CCC)c6)c5)C(F)C4)C4CC4)cccc3C2=O)C(=C)N1. The van der Waals surface area contributed by atoms with Crippen LogP contribution in [0.15, 0.2) is 91.9 Å². The number of rotatable bonds is 32. The van der Waals surface area contributed by atoms with Gasteiger partial charge in [0.2, 0.25) is 5.91 Å². The number of nitrogen functional groups attached to an aromatic ring is 1. The number of carbonyl (C=O) groups is 3. The first-order chi connectivity index (χ1) is 36.3. The van der Waals surface area contributed by atoms with Gasteiger partial charge in [0.15, 0.2) is 5.78 Å². The maximum absolute atomic E-state index is 16.1. The van der Waals surface area contributed by atoms with Gasteiger partial charge >= 0.3 is 0 Å². The summed E-state index contributed by atoms with van der Waals surface area (Å²) in [7, 11) is 0. The third-order valence-electron chi connectivity index (χ3n) is 13.7. The molecule has 6 N–H and O–H groups in total. The third kappa shape index (κ3) is 15.6. The van der Waals surface area contributed by atoms with Crippen LogP contribution in [0.2, 0.25) is 0 Å². The maximum atomic E-state index is 16.1. The number of fused-ring (bicyclic) bond motifs is 1. The molecule has 4 atom stereocenters. The van der Waals surface area contributed by atoms with Crippen LogP contribution in [-0.4, -0.2) is 146 Å². The number of piperidine rings is 1. The summed E-state index contributed by atoms with van der Waals surface area (Å²) in [4.78, 5) is 44.2. The molecule has 2 fully saturated rings. The number of amides is 2. The Hall–Kier alpha value is -5.44. The molecule has 3 unspecified atom stereocenters. The van der Waals surface area contributed by atoms with Crippen LogP contribution in [0, 0.1) is 0 Å². The zero-order chi connectivity index (χ0) is 53.3. The lowest BCUT2D eigenvalue weighted by Crippen LogP contribution is -2.42. The van der Waals surface area contributed by atoms with Gasteiger partial charge in [0, 0.05) is 88.6 Å². The molecule has 4 aliphatic rings. The number of hydrogen-bond acceptors (Lipinski definition) is 15. The van der Waals surface area contributed by atoms with E-state index in [2.05, 4.69) is 51.9 Å². The van der Waals surface area contributed by atoms with Crippen molar-refractivity contribution in [3.63, 3.8) is 0 Å². The lowest BCUT2D eigenvalue weighted by atomic mass is 9.82. The normalized spacial score (nSPS) is 20.4. The number of pyridine rings is 1. The number of ether oxygens (including phenoxy) is 5. The van der Waals surface area contributed by atoms with E-state index in [1.165, 1.54) is 6.20 Å². The average molecular weight is 1050 g/mol. The molecule has 1 saturated heterocycles. The van der Waals surface area contributed by atoms with E-state index >= 15 is 4.39 Å². The van der Waals surface area contributed by atoms with E-state index in [0.29, 0.717) is 113 Å². The Kier molecular flexibility index (Phi) is 21.4. The van der Waals surface area contributed by atoms with Crippen LogP contribution in [0.3, 0.4) is 0 Å². The van der Waals surface area contributed by atoms with E-state index in [4.69, 9.17) is 29.4 Å². The van der Waals surface area contributed by atoms with Crippen LogP contribution in [0.1, 0.15) is 103 Å². The fourth-order valence-electron chi connectivity index (χ4n) is 9.53. The van der Waals surface area contributed by atoms with Crippen molar-refractivity contribution < 1.29 is 47.6 Å². The molecular weight excluding hydrogens is 978 g/mol. The van der Waals surface area contributed by atoms with Crippen LogP contribution in [0.4, 0.5) is 15.9 Å². The van der Waals surface area contributed by atoms with Crippen molar-refractivity contribution in [2.45, 2.75) is 101 Å². The van der Waals surface area contributed by atoms with Gasteiger partial charge < -0.3 is 50.5 Å². The molecule has 18 heteroatoms. The smallest absolute Gasteiger partial charge is 0.259 e. The zero-order valence-corrected chi connectivity index (χ0v) is 44.5. The minimum absolute atomic E-state index is 0.00887. The molecular formula is C57H76FN7O9S. The fraction of sp³-hybridized carbons (Fsp3) is 0.509. The number of alkyl halides is 1. The molecule has 75 heavy (non-hydrogen) atoms. The lowest BCUT2D eigenvalue weighted by molar-refractivity contribution is -0.122. The summed E-state index contributed by atoms with van der Waals surface area (Å²) in [6, 6.07) is 13.1. The van der Waals surface area contributed by atoms with Crippen LogP contribution in [0.25, 0.3) is 16.8 Å². The Morgan fingerprint density at radius 2 is 1.64 bits per heavy atom. The quantitative estimate of drug-likeness (QED) is 0.0176. The number of allylic oxidation sites excluding steroid dienone is 1. The average Bonchev–Trinajstić information content (AvgIpc) is 4.21. The highest BCUT2D eigenvalue weighted by atomic mass is 32.2. The predicted molar refractivity (Wildman–Crippen MR) is 293 cm³/mol. The zero-order valence-electron chi connectivity index (χ0n) is 43.7. The number of benzene rings is 2. The van der Waals surface area contributed by atoms with Crippen molar-refractivity contribution in [2.24, 2.45) is 0 Å². The van der Waals surface area contributed by atoms with Crippen molar-refractivity contribution in [1.82, 2.24) is 24.8 Å². The Morgan fingerprint density at radius 1 is 0.947 bits per heavy atom. The summed E-state index contributed by atoms with van der Waals surface area (Å²) in [6.07, 6.45) is 9.66. The topological polar surface area (TPSA) is 199 Å². The lowest BCUT2D eigenvalue weighted by Gasteiger charge is -2.36. The summed E-state index contributed by atoms with van der Waals surface area (Å²) in [5.74, 6) is 0.1000. The van der Waals surface area contributed by atoms with Gasteiger partial charge in [-0.15, -0.1) is 0 Å². The molecule has 7 rings (SSSR count). The second-order valence-electron chi connectivity index (χ2n) is 19.3. The molecule has 0 spiro atoms. The Morgan fingerprint density at radius 3 is 2.29 bits per heavy atom. The number of anilines is 2. The van der Waals surface area contributed by atoms with Gasteiger partial charge in [-0.05, 0) is 87.3 Å². The summed E-state index contributed by atoms with van der Waals surface area (Å²) >= 11 is 1.60. The van der Waals surface area contributed by atoms with Crippen LogP contribution in [0.5, 0.6) is 0 Å². The largest absolute Gasteiger partial charge is 0.383 e. The van der Waals surface area contributed by atoms with Gasteiger partial charge in [-0.3, -0.25) is 19.3 Å². The molecule has 1 saturated carbocycles. The molecule has 406 valence electrons. The number of halogens is 1.